The molecule has 21 heavy (non-hydrogen) atoms. The summed E-state index contributed by atoms with van der Waals surface area (Å²) in [4.78, 5) is 3.37. The van der Waals surface area contributed by atoms with Crippen molar-refractivity contribution in [3.63, 3.8) is 0 Å². The molecule has 0 bridgehead atoms. The normalized spacial score (nSPS) is 12.8. The molecule has 0 radical (unpaired) electrons. The SMILES string of the molecule is CC(C)NCc1sccc1S(=O)(=O)N(C)CCCN(C)C. The summed E-state index contributed by atoms with van der Waals surface area (Å²) < 4.78 is 26.7. The lowest BCUT2D eigenvalue weighted by Gasteiger charge is -2.19. The molecule has 0 atom stereocenters. The highest BCUT2D eigenvalue weighted by Gasteiger charge is 2.24. The van der Waals surface area contributed by atoms with E-state index in [0.717, 1.165) is 17.8 Å². The van der Waals surface area contributed by atoms with Crippen LogP contribution >= 0.6 is 11.3 Å². The Kier molecular flexibility index (Phi) is 7.29. The Morgan fingerprint density at radius 2 is 1.90 bits per heavy atom. The largest absolute Gasteiger partial charge is 0.310 e. The predicted molar refractivity (Wildman–Crippen MR) is 89.3 cm³/mol. The van der Waals surface area contributed by atoms with E-state index in [9.17, 15) is 8.42 Å². The van der Waals surface area contributed by atoms with Crippen molar-refractivity contribution in [2.24, 2.45) is 0 Å². The molecule has 7 heteroatoms. The lowest BCUT2D eigenvalue weighted by Crippen LogP contribution is -2.31. The lowest BCUT2D eigenvalue weighted by atomic mass is 10.4. The van der Waals surface area contributed by atoms with Crippen LogP contribution in [0.15, 0.2) is 16.3 Å². The van der Waals surface area contributed by atoms with Gasteiger partial charge in [0.15, 0.2) is 0 Å². The Labute approximate surface area is 133 Å². The Morgan fingerprint density at radius 1 is 1.24 bits per heavy atom. The van der Waals surface area contributed by atoms with Crippen molar-refractivity contribution in [2.45, 2.75) is 37.8 Å². The van der Waals surface area contributed by atoms with Gasteiger partial charge in [0.05, 0.1) is 4.90 Å². The highest BCUT2D eigenvalue weighted by molar-refractivity contribution is 7.89. The molecule has 0 amide bonds. The molecule has 0 aliphatic rings. The number of hydrogen-bond donors (Lipinski definition) is 1. The summed E-state index contributed by atoms with van der Waals surface area (Å²) in [6.45, 7) is 6.11. The van der Waals surface area contributed by atoms with Crippen LogP contribution in [0.3, 0.4) is 0 Å². The minimum absolute atomic E-state index is 0.334. The first kappa shape index (κ1) is 18.6. The Balaban J connectivity index is 2.75. The van der Waals surface area contributed by atoms with Gasteiger partial charge >= 0.3 is 0 Å². The minimum Gasteiger partial charge on any atom is -0.310 e. The first-order valence-corrected chi connectivity index (χ1v) is 9.48. The molecule has 0 aliphatic heterocycles. The first-order valence-electron chi connectivity index (χ1n) is 7.16. The van der Waals surface area contributed by atoms with E-state index >= 15 is 0 Å². The van der Waals surface area contributed by atoms with Gasteiger partial charge in [-0.1, -0.05) is 13.8 Å². The van der Waals surface area contributed by atoms with E-state index in [1.807, 2.05) is 19.5 Å². The number of rotatable bonds is 9. The Morgan fingerprint density at radius 3 is 2.48 bits per heavy atom. The van der Waals surface area contributed by atoms with Crippen LogP contribution in [0.2, 0.25) is 0 Å². The fourth-order valence-corrected chi connectivity index (χ4v) is 4.45. The Bertz CT molecular complexity index is 524. The van der Waals surface area contributed by atoms with E-state index in [1.165, 1.54) is 15.6 Å². The summed E-state index contributed by atoms with van der Waals surface area (Å²) in [5.41, 5.74) is 0. The molecule has 1 rings (SSSR count). The van der Waals surface area contributed by atoms with E-state index in [0.29, 0.717) is 24.0 Å². The highest BCUT2D eigenvalue weighted by Crippen LogP contribution is 2.24. The molecule has 0 spiro atoms. The van der Waals surface area contributed by atoms with Crippen LogP contribution in [0.1, 0.15) is 25.1 Å². The van der Waals surface area contributed by atoms with Crippen molar-refractivity contribution in [1.82, 2.24) is 14.5 Å². The molecule has 0 saturated carbocycles. The fraction of sp³-hybridized carbons (Fsp3) is 0.714. The van der Waals surface area contributed by atoms with E-state index in [-0.39, 0.29) is 0 Å². The molecule has 1 aromatic rings. The second kappa shape index (κ2) is 8.24. The van der Waals surface area contributed by atoms with Crippen molar-refractivity contribution >= 4 is 21.4 Å². The zero-order valence-corrected chi connectivity index (χ0v) is 15.2. The summed E-state index contributed by atoms with van der Waals surface area (Å²) in [6, 6.07) is 2.04. The van der Waals surface area contributed by atoms with Gasteiger partial charge in [-0.05, 0) is 38.5 Å². The molecule has 0 aromatic carbocycles. The van der Waals surface area contributed by atoms with E-state index < -0.39 is 10.0 Å². The molecular formula is C14H27N3O2S2. The first-order chi connectivity index (χ1) is 9.75. The summed E-state index contributed by atoms with van der Waals surface area (Å²) in [5, 5.41) is 5.12. The number of sulfonamides is 1. The van der Waals surface area contributed by atoms with Crippen molar-refractivity contribution in [1.29, 1.82) is 0 Å². The van der Waals surface area contributed by atoms with E-state index in [4.69, 9.17) is 0 Å². The van der Waals surface area contributed by atoms with Crippen molar-refractivity contribution in [2.75, 3.05) is 34.2 Å². The maximum Gasteiger partial charge on any atom is 0.243 e. The third-order valence-corrected chi connectivity index (χ3v) is 6.13. The smallest absolute Gasteiger partial charge is 0.243 e. The molecule has 1 aromatic heterocycles. The van der Waals surface area contributed by atoms with Gasteiger partial charge in [-0.3, -0.25) is 0 Å². The second-order valence-corrected chi connectivity index (χ2v) is 8.74. The second-order valence-electron chi connectivity index (χ2n) is 5.73. The minimum atomic E-state index is -3.39. The van der Waals surface area contributed by atoms with Crippen LogP contribution in [-0.2, 0) is 16.6 Å². The molecule has 1 N–H and O–H groups in total. The van der Waals surface area contributed by atoms with Gasteiger partial charge in [0.1, 0.15) is 0 Å². The third-order valence-electron chi connectivity index (χ3n) is 3.14. The molecule has 1 heterocycles. The topological polar surface area (TPSA) is 52.7 Å². The zero-order valence-electron chi connectivity index (χ0n) is 13.6. The van der Waals surface area contributed by atoms with Crippen molar-refractivity contribution < 1.29 is 8.42 Å². The number of nitrogens with one attached hydrogen (secondary N) is 1. The van der Waals surface area contributed by atoms with Gasteiger partial charge in [-0.15, -0.1) is 11.3 Å². The maximum absolute atomic E-state index is 12.6. The monoisotopic (exact) mass is 333 g/mol. The zero-order chi connectivity index (χ0) is 16.0. The van der Waals surface area contributed by atoms with Crippen LogP contribution in [0.4, 0.5) is 0 Å². The summed E-state index contributed by atoms with van der Waals surface area (Å²) in [5.74, 6) is 0. The van der Waals surface area contributed by atoms with Crippen molar-refractivity contribution in [3.05, 3.63) is 16.3 Å². The molecule has 122 valence electrons. The van der Waals surface area contributed by atoms with Gasteiger partial charge in [0.25, 0.3) is 0 Å². The molecule has 0 fully saturated rings. The molecule has 5 nitrogen and oxygen atoms in total. The molecule has 0 aliphatic carbocycles. The molecular weight excluding hydrogens is 306 g/mol. The van der Waals surface area contributed by atoms with Crippen LogP contribution in [-0.4, -0.2) is 57.9 Å². The number of thiophene rings is 1. The third kappa shape index (κ3) is 5.67. The van der Waals surface area contributed by atoms with Crippen LogP contribution in [0.5, 0.6) is 0 Å². The molecule has 0 unspecified atom stereocenters. The Hall–Kier alpha value is -0.470. The number of hydrogen-bond acceptors (Lipinski definition) is 5. The van der Waals surface area contributed by atoms with Gasteiger partial charge in [0, 0.05) is 31.1 Å². The van der Waals surface area contributed by atoms with Gasteiger partial charge < -0.3 is 10.2 Å². The fourth-order valence-electron chi connectivity index (χ4n) is 1.88. The highest BCUT2D eigenvalue weighted by atomic mass is 32.2. The van der Waals surface area contributed by atoms with Crippen LogP contribution in [0, 0.1) is 0 Å². The average molecular weight is 334 g/mol. The average Bonchev–Trinajstić information content (AvgIpc) is 2.84. The molecule has 0 saturated heterocycles. The van der Waals surface area contributed by atoms with Gasteiger partial charge in [-0.25, -0.2) is 12.7 Å². The standard InChI is InChI=1S/C14H27N3O2S2/c1-12(2)15-11-13-14(7-10-20-13)21(18,19)17(5)9-6-8-16(3)4/h7,10,12,15H,6,8-9,11H2,1-5H3. The van der Waals surface area contributed by atoms with Crippen molar-refractivity contribution in [3.8, 4) is 0 Å². The lowest BCUT2D eigenvalue weighted by molar-refractivity contribution is 0.370. The van der Waals surface area contributed by atoms with Gasteiger partial charge in [-0.2, -0.15) is 0 Å². The summed E-state index contributed by atoms with van der Waals surface area (Å²) in [6.07, 6.45) is 0.826. The van der Waals surface area contributed by atoms with Gasteiger partial charge in [0.2, 0.25) is 10.0 Å². The summed E-state index contributed by atoms with van der Waals surface area (Å²) >= 11 is 1.49. The van der Waals surface area contributed by atoms with Crippen LogP contribution < -0.4 is 5.32 Å². The summed E-state index contributed by atoms with van der Waals surface area (Å²) in [7, 11) is 2.25. The number of nitrogens with zero attached hydrogens (tertiary/aromatic N) is 2. The predicted octanol–water partition coefficient (Wildman–Crippen LogP) is 1.82. The quantitative estimate of drug-likeness (QED) is 0.749. The van der Waals surface area contributed by atoms with Crippen LogP contribution in [0.25, 0.3) is 0 Å². The van der Waals surface area contributed by atoms with E-state index in [2.05, 4.69) is 24.1 Å². The maximum atomic E-state index is 12.6. The van der Waals surface area contributed by atoms with E-state index in [1.54, 1.807) is 13.1 Å².